The average Bonchev–Trinajstić information content (AvgIpc) is 2.92. The van der Waals surface area contributed by atoms with E-state index in [1.165, 1.54) is 32.1 Å². The fraction of sp³-hybridized carbons (Fsp3) is 0.647. The molecule has 100 valence electrons. The molecule has 18 heavy (non-hydrogen) atoms. The molecule has 1 fully saturated rings. The van der Waals surface area contributed by atoms with Crippen molar-refractivity contribution >= 4 is 0 Å². The van der Waals surface area contributed by atoms with Crippen molar-refractivity contribution in [3.63, 3.8) is 0 Å². The molecule has 0 spiro atoms. The minimum atomic E-state index is 0.750. The SMILES string of the molecule is CC.Cc1c(C2CCOCC2)ccc2c1CCC2. The van der Waals surface area contributed by atoms with E-state index in [1.54, 1.807) is 22.3 Å². The van der Waals surface area contributed by atoms with Gasteiger partial charge in [-0.15, -0.1) is 0 Å². The molecule has 1 aliphatic heterocycles. The largest absolute Gasteiger partial charge is 0.381 e. The van der Waals surface area contributed by atoms with Crippen molar-refractivity contribution in [2.75, 3.05) is 13.2 Å². The molecule has 0 radical (unpaired) electrons. The first-order chi connectivity index (χ1) is 8.86. The molecule has 1 aliphatic carbocycles. The van der Waals surface area contributed by atoms with Gasteiger partial charge in [0.15, 0.2) is 0 Å². The van der Waals surface area contributed by atoms with E-state index in [-0.39, 0.29) is 0 Å². The number of rotatable bonds is 1. The van der Waals surface area contributed by atoms with Crippen molar-refractivity contribution in [1.29, 1.82) is 0 Å². The number of hydrogen-bond donors (Lipinski definition) is 0. The molecule has 0 bridgehead atoms. The molecule has 1 aromatic carbocycles. The van der Waals surface area contributed by atoms with Crippen molar-refractivity contribution in [2.24, 2.45) is 0 Å². The molecule has 2 aliphatic rings. The Bertz CT molecular complexity index is 389. The van der Waals surface area contributed by atoms with Crippen molar-refractivity contribution in [2.45, 2.75) is 58.8 Å². The van der Waals surface area contributed by atoms with Gasteiger partial charge >= 0.3 is 0 Å². The van der Waals surface area contributed by atoms with Crippen LogP contribution < -0.4 is 0 Å². The number of fused-ring (bicyclic) bond motifs is 1. The van der Waals surface area contributed by atoms with E-state index in [0.717, 1.165) is 19.1 Å². The predicted octanol–water partition coefficient (Wildman–Crippen LogP) is 4.40. The summed E-state index contributed by atoms with van der Waals surface area (Å²) in [6.45, 7) is 8.22. The zero-order valence-corrected chi connectivity index (χ0v) is 12.1. The molecule has 1 heteroatoms. The molecule has 0 N–H and O–H groups in total. The van der Waals surface area contributed by atoms with Gasteiger partial charge in [-0.25, -0.2) is 0 Å². The first kappa shape index (κ1) is 13.6. The smallest absolute Gasteiger partial charge is 0.0471 e. The molecule has 1 saturated heterocycles. The highest BCUT2D eigenvalue weighted by Gasteiger charge is 2.21. The Morgan fingerprint density at radius 1 is 1.06 bits per heavy atom. The van der Waals surface area contributed by atoms with Gasteiger partial charge < -0.3 is 4.74 Å². The van der Waals surface area contributed by atoms with Crippen LogP contribution in [0.1, 0.15) is 61.3 Å². The second-order valence-corrected chi connectivity index (χ2v) is 5.16. The second-order valence-electron chi connectivity index (χ2n) is 5.16. The fourth-order valence-corrected chi connectivity index (χ4v) is 3.32. The van der Waals surface area contributed by atoms with E-state index in [9.17, 15) is 0 Å². The summed E-state index contributed by atoms with van der Waals surface area (Å²) in [5.41, 5.74) is 6.45. The van der Waals surface area contributed by atoms with Crippen molar-refractivity contribution in [3.8, 4) is 0 Å². The maximum absolute atomic E-state index is 5.45. The van der Waals surface area contributed by atoms with Gasteiger partial charge in [-0.1, -0.05) is 26.0 Å². The number of aryl methyl sites for hydroxylation is 1. The van der Waals surface area contributed by atoms with Crippen molar-refractivity contribution in [1.82, 2.24) is 0 Å². The quantitative estimate of drug-likeness (QED) is 0.713. The Kier molecular flexibility index (Phi) is 4.82. The maximum Gasteiger partial charge on any atom is 0.0471 e. The number of ether oxygens (including phenoxy) is 1. The first-order valence-corrected chi connectivity index (χ1v) is 7.55. The van der Waals surface area contributed by atoms with Crippen LogP contribution in [0.4, 0.5) is 0 Å². The van der Waals surface area contributed by atoms with Gasteiger partial charge in [0.25, 0.3) is 0 Å². The molecule has 0 atom stereocenters. The Labute approximate surface area is 112 Å². The van der Waals surface area contributed by atoms with Gasteiger partial charge in [0.1, 0.15) is 0 Å². The predicted molar refractivity (Wildman–Crippen MR) is 77.3 cm³/mol. The van der Waals surface area contributed by atoms with Gasteiger partial charge in [0.05, 0.1) is 0 Å². The Morgan fingerprint density at radius 3 is 2.50 bits per heavy atom. The monoisotopic (exact) mass is 246 g/mol. The summed E-state index contributed by atoms with van der Waals surface area (Å²) in [6, 6.07) is 4.76. The summed E-state index contributed by atoms with van der Waals surface area (Å²) in [5, 5.41) is 0. The van der Waals surface area contributed by atoms with Crippen LogP contribution >= 0.6 is 0 Å². The van der Waals surface area contributed by atoms with Gasteiger partial charge in [0, 0.05) is 13.2 Å². The van der Waals surface area contributed by atoms with Crippen LogP contribution in [0.5, 0.6) is 0 Å². The Balaban J connectivity index is 0.000000574. The van der Waals surface area contributed by atoms with Crippen LogP contribution in [0, 0.1) is 6.92 Å². The molecule has 0 unspecified atom stereocenters. The van der Waals surface area contributed by atoms with Crippen molar-refractivity contribution in [3.05, 3.63) is 34.4 Å². The summed E-state index contributed by atoms with van der Waals surface area (Å²) in [5.74, 6) is 0.750. The highest BCUT2D eigenvalue weighted by atomic mass is 16.5. The normalized spacial score (nSPS) is 19.1. The molecule has 1 nitrogen and oxygen atoms in total. The Hall–Kier alpha value is -0.820. The highest BCUT2D eigenvalue weighted by Crippen LogP contribution is 2.34. The maximum atomic E-state index is 5.45. The van der Waals surface area contributed by atoms with Crippen LogP contribution in [0.25, 0.3) is 0 Å². The number of hydrogen-bond acceptors (Lipinski definition) is 1. The Morgan fingerprint density at radius 2 is 1.78 bits per heavy atom. The van der Waals surface area contributed by atoms with Crippen LogP contribution in [-0.4, -0.2) is 13.2 Å². The third-order valence-electron chi connectivity index (χ3n) is 4.27. The molecule has 1 heterocycles. The van der Waals surface area contributed by atoms with Gasteiger partial charge in [-0.2, -0.15) is 0 Å². The van der Waals surface area contributed by atoms with E-state index in [4.69, 9.17) is 4.74 Å². The zero-order chi connectivity index (χ0) is 13.0. The summed E-state index contributed by atoms with van der Waals surface area (Å²) >= 11 is 0. The molecule has 0 amide bonds. The van der Waals surface area contributed by atoms with Crippen molar-refractivity contribution < 1.29 is 4.74 Å². The van der Waals surface area contributed by atoms with E-state index in [1.807, 2.05) is 13.8 Å². The van der Waals surface area contributed by atoms with Crippen LogP contribution in [-0.2, 0) is 17.6 Å². The summed E-state index contributed by atoms with van der Waals surface area (Å²) in [4.78, 5) is 0. The minimum Gasteiger partial charge on any atom is -0.381 e. The van der Waals surface area contributed by atoms with Gasteiger partial charge in [-0.05, 0) is 67.2 Å². The molecular weight excluding hydrogens is 220 g/mol. The van der Waals surface area contributed by atoms with Gasteiger partial charge in [-0.3, -0.25) is 0 Å². The summed E-state index contributed by atoms with van der Waals surface area (Å²) < 4.78 is 5.45. The lowest BCUT2D eigenvalue weighted by Crippen LogP contribution is -2.15. The molecule has 3 rings (SSSR count). The lowest BCUT2D eigenvalue weighted by atomic mass is 9.86. The van der Waals surface area contributed by atoms with Crippen LogP contribution in [0.2, 0.25) is 0 Å². The third kappa shape index (κ3) is 2.61. The average molecular weight is 246 g/mol. The molecule has 0 aromatic heterocycles. The topological polar surface area (TPSA) is 9.23 Å². The molecular formula is C17H26O. The second kappa shape index (κ2) is 6.38. The third-order valence-corrected chi connectivity index (χ3v) is 4.27. The van der Waals surface area contributed by atoms with E-state index in [2.05, 4.69) is 19.1 Å². The summed E-state index contributed by atoms with van der Waals surface area (Å²) in [7, 11) is 0. The van der Waals surface area contributed by atoms with E-state index in [0.29, 0.717) is 0 Å². The fourth-order valence-electron chi connectivity index (χ4n) is 3.32. The molecule has 1 aromatic rings. The molecule has 0 saturated carbocycles. The first-order valence-electron chi connectivity index (χ1n) is 7.55. The zero-order valence-electron chi connectivity index (χ0n) is 12.1. The number of benzene rings is 1. The highest BCUT2D eigenvalue weighted by molar-refractivity contribution is 5.44. The van der Waals surface area contributed by atoms with Gasteiger partial charge in [0.2, 0.25) is 0 Å². The lowest BCUT2D eigenvalue weighted by molar-refractivity contribution is 0.0852. The van der Waals surface area contributed by atoms with Crippen LogP contribution in [0.3, 0.4) is 0 Å². The summed E-state index contributed by atoms with van der Waals surface area (Å²) in [6.07, 6.45) is 6.37. The lowest BCUT2D eigenvalue weighted by Gasteiger charge is -2.25. The van der Waals surface area contributed by atoms with Crippen LogP contribution in [0.15, 0.2) is 12.1 Å². The van der Waals surface area contributed by atoms with E-state index < -0.39 is 0 Å². The van der Waals surface area contributed by atoms with E-state index >= 15 is 0 Å². The standard InChI is InChI=1S/C15H20O.C2H6/c1-11-14-4-2-3-12(14)5-6-15(11)13-7-9-16-10-8-13;1-2/h5-6,13H,2-4,7-10H2,1H3;1-2H3. The minimum absolute atomic E-state index is 0.750.